The van der Waals surface area contributed by atoms with E-state index in [2.05, 4.69) is 5.32 Å². The first kappa shape index (κ1) is 21.9. The highest BCUT2D eigenvalue weighted by atomic mass is 35.5. The van der Waals surface area contributed by atoms with Gasteiger partial charge in [0.25, 0.3) is 5.91 Å². The van der Waals surface area contributed by atoms with Gasteiger partial charge in [-0.15, -0.1) is 0 Å². The molecule has 0 radical (unpaired) electrons. The van der Waals surface area contributed by atoms with Gasteiger partial charge < -0.3 is 10.1 Å². The lowest BCUT2D eigenvalue weighted by Crippen LogP contribution is -2.52. The number of carbonyl (C=O) groups excluding carboxylic acids is 2. The number of esters is 1. The molecular formula is C17H21ClN2O5S. The molecule has 7 nitrogen and oxygen atoms in total. The number of benzene rings is 1. The molecule has 0 saturated heterocycles. The van der Waals surface area contributed by atoms with Crippen molar-refractivity contribution in [1.29, 1.82) is 5.26 Å². The molecule has 0 bridgehead atoms. The summed E-state index contributed by atoms with van der Waals surface area (Å²) in [6.45, 7) is 6.46. The highest BCUT2D eigenvalue weighted by Crippen LogP contribution is 2.22. The van der Waals surface area contributed by atoms with Crippen LogP contribution in [0.5, 0.6) is 0 Å². The molecule has 26 heavy (non-hydrogen) atoms. The first-order valence-corrected chi connectivity index (χ1v) is 10.0. The zero-order valence-electron chi connectivity index (χ0n) is 15.2. The van der Waals surface area contributed by atoms with Crippen molar-refractivity contribution in [3.63, 3.8) is 0 Å². The number of hydrogen-bond donors (Lipinski definition) is 1. The molecule has 1 amide bonds. The number of sulfone groups is 1. The highest BCUT2D eigenvalue weighted by molar-refractivity contribution is 7.90. The molecule has 0 fully saturated rings. The first-order valence-electron chi connectivity index (χ1n) is 7.75. The van der Waals surface area contributed by atoms with Gasteiger partial charge in [-0.05, 0) is 38.0 Å². The Labute approximate surface area is 158 Å². The normalized spacial score (nSPS) is 14.8. The van der Waals surface area contributed by atoms with Crippen LogP contribution in [0.2, 0.25) is 5.02 Å². The maximum atomic E-state index is 12.3. The minimum Gasteiger partial charge on any atom is -0.449 e. The number of hydrogen-bond acceptors (Lipinski definition) is 6. The number of amides is 1. The van der Waals surface area contributed by atoms with E-state index in [9.17, 15) is 23.3 Å². The van der Waals surface area contributed by atoms with Gasteiger partial charge >= 0.3 is 5.97 Å². The molecule has 0 unspecified atom stereocenters. The van der Waals surface area contributed by atoms with Crippen LogP contribution in [0.25, 0.3) is 0 Å². The molecule has 1 rings (SSSR count). The number of ether oxygens (including phenoxy) is 1. The van der Waals surface area contributed by atoms with Crippen molar-refractivity contribution in [3.05, 3.63) is 28.8 Å². The van der Waals surface area contributed by atoms with Crippen molar-refractivity contribution in [2.24, 2.45) is 5.92 Å². The van der Waals surface area contributed by atoms with Gasteiger partial charge in [-0.2, -0.15) is 5.26 Å². The van der Waals surface area contributed by atoms with Gasteiger partial charge in [-0.1, -0.05) is 25.4 Å². The lowest BCUT2D eigenvalue weighted by atomic mass is 9.90. The molecular weight excluding hydrogens is 380 g/mol. The summed E-state index contributed by atoms with van der Waals surface area (Å²) in [6.07, 6.45) is -0.206. The van der Waals surface area contributed by atoms with Crippen molar-refractivity contribution in [1.82, 2.24) is 5.32 Å². The van der Waals surface area contributed by atoms with Crippen molar-refractivity contribution in [2.75, 3.05) is 6.26 Å². The summed E-state index contributed by atoms with van der Waals surface area (Å²) in [4.78, 5) is 24.4. The number of rotatable bonds is 6. The number of halogens is 1. The highest BCUT2D eigenvalue weighted by Gasteiger charge is 2.33. The van der Waals surface area contributed by atoms with E-state index in [0.29, 0.717) is 0 Å². The van der Waals surface area contributed by atoms with E-state index in [4.69, 9.17) is 16.3 Å². The fourth-order valence-corrected chi connectivity index (χ4v) is 2.67. The largest absolute Gasteiger partial charge is 0.449 e. The molecule has 2 atom stereocenters. The Morgan fingerprint density at radius 2 is 1.88 bits per heavy atom. The van der Waals surface area contributed by atoms with Crippen LogP contribution in [-0.4, -0.2) is 38.2 Å². The monoisotopic (exact) mass is 400 g/mol. The first-order chi connectivity index (χ1) is 11.8. The summed E-state index contributed by atoms with van der Waals surface area (Å²) in [7, 11) is -3.54. The van der Waals surface area contributed by atoms with Crippen LogP contribution >= 0.6 is 11.6 Å². The second kappa shape index (κ2) is 8.06. The summed E-state index contributed by atoms with van der Waals surface area (Å²) in [5.41, 5.74) is -1.29. The average Bonchev–Trinajstić information content (AvgIpc) is 2.53. The van der Waals surface area contributed by atoms with Crippen LogP contribution in [0.1, 0.15) is 38.1 Å². The van der Waals surface area contributed by atoms with Gasteiger partial charge in [-0.3, -0.25) is 4.79 Å². The molecule has 0 saturated carbocycles. The minimum atomic E-state index is -3.54. The molecule has 0 heterocycles. The number of nitrogens with zero attached hydrogens (tertiary/aromatic N) is 1. The van der Waals surface area contributed by atoms with Crippen LogP contribution in [0, 0.1) is 17.2 Å². The van der Waals surface area contributed by atoms with E-state index in [0.717, 1.165) is 12.3 Å². The molecule has 0 aliphatic carbocycles. The zero-order valence-corrected chi connectivity index (χ0v) is 16.7. The van der Waals surface area contributed by atoms with E-state index in [1.807, 2.05) is 6.07 Å². The fourth-order valence-electron chi connectivity index (χ4n) is 1.83. The Balaban J connectivity index is 2.98. The van der Waals surface area contributed by atoms with E-state index in [-0.39, 0.29) is 21.4 Å². The van der Waals surface area contributed by atoms with Crippen LogP contribution in [0.3, 0.4) is 0 Å². The molecule has 0 aliphatic heterocycles. The predicted octanol–water partition coefficient (Wildman–Crippen LogP) is 2.34. The van der Waals surface area contributed by atoms with Crippen LogP contribution < -0.4 is 5.32 Å². The topological polar surface area (TPSA) is 113 Å². The van der Waals surface area contributed by atoms with E-state index < -0.39 is 33.4 Å². The molecule has 1 N–H and O–H groups in total. The molecule has 0 aliphatic rings. The standard InChI is InChI=1S/C17H21ClN2O5S/c1-10(2)17(4,9-19)20-15(21)11(3)25-16(22)13-8-12(26(5,23)24)6-7-14(13)18/h6-8,10-11H,1-5H3,(H,20,21)/t11-,17-/m0/s1. The zero-order chi connectivity index (χ0) is 20.3. The second-order valence-electron chi connectivity index (χ2n) is 6.42. The lowest BCUT2D eigenvalue weighted by molar-refractivity contribution is -0.130. The third-order valence-corrected chi connectivity index (χ3v) is 5.45. The van der Waals surface area contributed by atoms with Crippen molar-refractivity contribution >= 4 is 33.3 Å². The Bertz CT molecular complexity index is 860. The van der Waals surface area contributed by atoms with E-state index in [1.165, 1.54) is 19.1 Å². The van der Waals surface area contributed by atoms with Gasteiger partial charge in [0, 0.05) is 6.26 Å². The summed E-state index contributed by atoms with van der Waals surface area (Å²) >= 11 is 5.94. The third-order valence-electron chi connectivity index (χ3n) is 4.01. The lowest BCUT2D eigenvalue weighted by Gasteiger charge is -2.28. The van der Waals surface area contributed by atoms with E-state index in [1.54, 1.807) is 20.8 Å². The Kier molecular flexibility index (Phi) is 6.80. The van der Waals surface area contributed by atoms with Gasteiger partial charge in [0.15, 0.2) is 15.9 Å². The Morgan fingerprint density at radius 1 is 1.31 bits per heavy atom. The van der Waals surface area contributed by atoms with Gasteiger partial charge in [0.05, 0.1) is 21.6 Å². The Hall–Kier alpha value is -2.11. The summed E-state index contributed by atoms with van der Waals surface area (Å²) in [5, 5.41) is 11.8. The van der Waals surface area contributed by atoms with Gasteiger partial charge in [-0.25, -0.2) is 13.2 Å². The second-order valence-corrected chi connectivity index (χ2v) is 8.84. The van der Waals surface area contributed by atoms with Gasteiger partial charge in [0.1, 0.15) is 5.54 Å². The van der Waals surface area contributed by atoms with Crippen molar-refractivity contribution < 1.29 is 22.7 Å². The number of carbonyl (C=O) groups is 2. The quantitative estimate of drug-likeness (QED) is 0.733. The van der Waals surface area contributed by atoms with Gasteiger partial charge in [0.2, 0.25) is 0 Å². The SMILES string of the molecule is CC(C)[C@](C)(C#N)NC(=O)[C@H](C)OC(=O)c1cc(S(C)(=O)=O)ccc1Cl. The molecule has 1 aromatic carbocycles. The smallest absolute Gasteiger partial charge is 0.340 e. The summed E-state index contributed by atoms with van der Waals surface area (Å²) in [5.74, 6) is -1.75. The summed E-state index contributed by atoms with van der Waals surface area (Å²) < 4.78 is 28.3. The maximum Gasteiger partial charge on any atom is 0.340 e. The van der Waals surface area contributed by atoms with Crippen molar-refractivity contribution in [3.8, 4) is 6.07 Å². The summed E-state index contributed by atoms with van der Waals surface area (Å²) in [6, 6.07) is 5.66. The molecule has 142 valence electrons. The number of nitriles is 1. The average molecular weight is 401 g/mol. The minimum absolute atomic E-state index is 0.000878. The predicted molar refractivity (Wildman–Crippen MR) is 96.4 cm³/mol. The van der Waals surface area contributed by atoms with Crippen LogP contribution in [0.4, 0.5) is 0 Å². The Morgan fingerprint density at radius 3 is 2.35 bits per heavy atom. The van der Waals surface area contributed by atoms with Crippen LogP contribution in [-0.2, 0) is 19.4 Å². The third kappa shape index (κ3) is 5.19. The molecule has 9 heteroatoms. The van der Waals surface area contributed by atoms with E-state index >= 15 is 0 Å². The maximum absolute atomic E-state index is 12.3. The van der Waals surface area contributed by atoms with Crippen molar-refractivity contribution in [2.45, 2.75) is 44.2 Å². The van der Waals surface area contributed by atoms with Crippen LogP contribution in [0.15, 0.2) is 23.1 Å². The molecule has 0 aromatic heterocycles. The molecule has 1 aromatic rings. The fraction of sp³-hybridized carbons (Fsp3) is 0.471. The number of nitrogens with one attached hydrogen (secondary N) is 1. The molecule has 0 spiro atoms.